The number of rotatable bonds is 4. The Bertz CT molecular complexity index is 729. The van der Waals surface area contributed by atoms with E-state index in [4.69, 9.17) is 4.18 Å². The summed E-state index contributed by atoms with van der Waals surface area (Å²) in [5, 5.41) is 14.4. The quantitative estimate of drug-likeness (QED) is 0.514. The molecule has 112 valence electrons. The van der Waals surface area contributed by atoms with Gasteiger partial charge in [0.05, 0.1) is 5.56 Å². The number of phenols is 1. The Balaban J connectivity index is 2.85. The van der Waals surface area contributed by atoms with E-state index in [9.17, 15) is 9.90 Å². The number of aromatic nitrogens is 2. The molecule has 1 heterocycles. The summed E-state index contributed by atoms with van der Waals surface area (Å²) >= 11 is 5.24. The van der Waals surface area contributed by atoms with Crippen molar-refractivity contribution in [2.45, 2.75) is 18.4 Å². The average Bonchev–Trinajstić information content (AvgIpc) is 2.49. The van der Waals surface area contributed by atoms with E-state index < -0.39 is 0 Å². The van der Waals surface area contributed by atoms with Crippen LogP contribution in [0.3, 0.4) is 0 Å². The minimum absolute atomic E-state index is 0.167. The summed E-state index contributed by atoms with van der Waals surface area (Å²) in [5.74, 6) is 0.509. The summed E-state index contributed by atoms with van der Waals surface area (Å²) in [6, 6.07) is 4.91. The molecule has 0 aliphatic carbocycles. The normalized spacial score (nSPS) is 10.7. The molecule has 0 atom stereocenters. The molecule has 0 fully saturated rings. The van der Waals surface area contributed by atoms with Gasteiger partial charge in [-0.25, -0.2) is 4.68 Å². The van der Waals surface area contributed by atoms with Crippen LogP contribution in [0, 0.1) is 0 Å². The van der Waals surface area contributed by atoms with Crippen molar-refractivity contribution in [1.29, 1.82) is 0 Å². The van der Waals surface area contributed by atoms with Gasteiger partial charge in [-0.3, -0.25) is 4.79 Å². The van der Waals surface area contributed by atoms with Crippen molar-refractivity contribution < 1.29 is 9.29 Å². The lowest BCUT2D eigenvalue weighted by Gasteiger charge is -2.14. The number of hydrogen-bond acceptors (Lipinski definition) is 6. The maximum atomic E-state index is 12.5. The molecule has 21 heavy (non-hydrogen) atoms. The molecule has 0 saturated heterocycles. The van der Waals surface area contributed by atoms with Crippen molar-refractivity contribution in [3.05, 3.63) is 34.1 Å². The van der Waals surface area contributed by atoms with Gasteiger partial charge in [-0.1, -0.05) is 13.0 Å². The molecule has 0 saturated carbocycles. The van der Waals surface area contributed by atoms with Crippen molar-refractivity contribution in [2.24, 2.45) is 7.05 Å². The molecule has 0 bridgehead atoms. The van der Waals surface area contributed by atoms with E-state index in [0.717, 1.165) is 11.1 Å². The maximum absolute atomic E-state index is 12.5. The molecule has 7 heteroatoms. The van der Waals surface area contributed by atoms with Crippen molar-refractivity contribution in [2.75, 3.05) is 6.26 Å². The molecule has 0 spiro atoms. The number of hydrogen-bond donors (Lipinski definition) is 2. The highest BCUT2D eigenvalue weighted by Gasteiger charge is 2.21. The number of thiol groups is 1. The highest BCUT2D eigenvalue weighted by molar-refractivity contribution is 7.98. The lowest BCUT2D eigenvalue weighted by molar-refractivity contribution is 0.474. The number of nitrogens with zero attached hydrogens (tertiary/aromatic N) is 2. The number of aromatic hydroxyl groups is 1. The fourth-order valence-corrected chi connectivity index (χ4v) is 2.94. The van der Waals surface area contributed by atoms with Crippen molar-refractivity contribution in [3.8, 4) is 22.6 Å². The molecule has 0 aliphatic rings. The lowest BCUT2D eigenvalue weighted by Crippen LogP contribution is -2.23. The topological polar surface area (TPSA) is 64.3 Å². The van der Waals surface area contributed by atoms with Gasteiger partial charge in [-0.2, -0.15) is 5.10 Å². The minimum Gasteiger partial charge on any atom is -0.508 e. The fraction of sp³-hybridized carbons (Fsp3) is 0.286. The Kier molecular flexibility index (Phi) is 4.84. The zero-order valence-corrected chi connectivity index (χ0v) is 13.7. The van der Waals surface area contributed by atoms with Gasteiger partial charge in [0, 0.05) is 20.0 Å². The predicted octanol–water partition coefficient (Wildman–Crippen LogP) is 2.66. The fourth-order valence-electron chi connectivity index (χ4n) is 2.17. The van der Waals surface area contributed by atoms with E-state index in [0.29, 0.717) is 22.8 Å². The first-order valence-electron chi connectivity index (χ1n) is 6.32. The molecule has 0 aliphatic heterocycles. The van der Waals surface area contributed by atoms with E-state index in [2.05, 4.69) is 18.0 Å². The third kappa shape index (κ3) is 2.89. The van der Waals surface area contributed by atoms with Gasteiger partial charge in [0.2, 0.25) is 0 Å². The predicted molar refractivity (Wildman–Crippen MR) is 87.4 cm³/mol. The number of thioether (sulfide) groups is 1. The molecular weight excluding hydrogens is 308 g/mol. The molecule has 0 unspecified atom stereocenters. The van der Waals surface area contributed by atoms with Crippen molar-refractivity contribution >= 4 is 24.7 Å². The monoisotopic (exact) mass is 324 g/mol. The number of phenolic OH excluding ortho intramolecular Hbond substituents is 1. The van der Waals surface area contributed by atoms with Crippen LogP contribution < -0.4 is 9.74 Å². The number of benzene rings is 1. The van der Waals surface area contributed by atoms with Crippen LogP contribution in [-0.2, 0) is 13.5 Å². The first kappa shape index (κ1) is 15.8. The zero-order chi connectivity index (χ0) is 15.6. The van der Waals surface area contributed by atoms with Gasteiger partial charge in [0.1, 0.15) is 5.75 Å². The average molecular weight is 324 g/mol. The van der Waals surface area contributed by atoms with E-state index in [-0.39, 0.29) is 11.3 Å². The van der Waals surface area contributed by atoms with Crippen LogP contribution in [0.15, 0.2) is 28.0 Å². The minimum atomic E-state index is -0.266. The van der Waals surface area contributed by atoms with Crippen LogP contribution in [0.4, 0.5) is 0 Å². The van der Waals surface area contributed by atoms with Crippen molar-refractivity contribution in [3.63, 3.8) is 0 Å². The van der Waals surface area contributed by atoms with Gasteiger partial charge in [0.15, 0.2) is 10.8 Å². The first-order valence-corrected chi connectivity index (χ1v) is 7.91. The lowest BCUT2D eigenvalue weighted by atomic mass is 9.98. The zero-order valence-electron chi connectivity index (χ0n) is 12.0. The summed E-state index contributed by atoms with van der Waals surface area (Å²) in [5.41, 5.74) is 1.72. The van der Waals surface area contributed by atoms with Crippen LogP contribution in [0.25, 0.3) is 11.1 Å². The van der Waals surface area contributed by atoms with Crippen LogP contribution >= 0.6 is 24.7 Å². The summed E-state index contributed by atoms with van der Waals surface area (Å²) < 4.78 is 6.40. The van der Waals surface area contributed by atoms with Gasteiger partial charge in [-0.05, 0) is 35.9 Å². The molecule has 1 aromatic heterocycles. The number of aryl methyl sites for hydroxylation is 2. The molecule has 1 aromatic carbocycles. The molecule has 2 aromatic rings. The van der Waals surface area contributed by atoms with Gasteiger partial charge in [-0.15, -0.1) is 11.8 Å². The van der Waals surface area contributed by atoms with E-state index in [1.807, 2.05) is 13.2 Å². The largest absolute Gasteiger partial charge is 0.508 e. The van der Waals surface area contributed by atoms with Crippen LogP contribution in [-0.4, -0.2) is 21.1 Å². The molecular formula is C14H16N2O3S2. The summed E-state index contributed by atoms with van der Waals surface area (Å²) in [4.78, 5) is 12.5. The second-order valence-electron chi connectivity index (χ2n) is 4.43. The van der Waals surface area contributed by atoms with Crippen LogP contribution in [0.2, 0.25) is 0 Å². The van der Waals surface area contributed by atoms with Gasteiger partial charge < -0.3 is 9.29 Å². The Labute approximate surface area is 132 Å². The SMILES string of the molecule is CCc1cc(O)ccc1-c1c(OS)c(SC)nn(C)c1=O. The van der Waals surface area contributed by atoms with Gasteiger partial charge in [0.25, 0.3) is 5.56 Å². The standard InChI is InChI=1S/C14H16N2O3S2/c1-4-8-7-9(17)5-6-10(8)11-12(19-20)13(21-3)15-16(2)14(11)18/h5-7,17,20H,4H2,1-3H3. The second-order valence-corrected chi connectivity index (χ2v) is 5.41. The maximum Gasteiger partial charge on any atom is 0.278 e. The highest BCUT2D eigenvalue weighted by Crippen LogP contribution is 2.36. The Morgan fingerprint density at radius 3 is 2.76 bits per heavy atom. The van der Waals surface area contributed by atoms with E-state index >= 15 is 0 Å². The molecule has 0 radical (unpaired) electrons. The molecule has 2 rings (SSSR count). The summed E-state index contributed by atoms with van der Waals surface area (Å²) in [6.45, 7) is 1.96. The molecule has 5 nitrogen and oxygen atoms in total. The summed E-state index contributed by atoms with van der Waals surface area (Å²) in [6.07, 6.45) is 2.53. The Hall–Kier alpha value is -1.60. The third-order valence-corrected chi connectivity index (χ3v) is 4.03. The smallest absolute Gasteiger partial charge is 0.278 e. The van der Waals surface area contributed by atoms with E-state index in [1.54, 1.807) is 25.2 Å². The summed E-state index contributed by atoms with van der Waals surface area (Å²) in [7, 11) is 1.60. The second kappa shape index (κ2) is 6.44. The highest BCUT2D eigenvalue weighted by atomic mass is 32.2. The molecule has 1 N–H and O–H groups in total. The third-order valence-electron chi connectivity index (χ3n) is 3.19. The van der Waals surface area contributed by atoms with E-state index in [1.165, 1.54) is 16.4 Å². The van der Waals surface area contributed by atoms with Crippen LogP contribution in [0.5, 0.6) is 11.5 Å². The molecule has 0 amide bonds. The van der Waals surface area contributed by atoms with Gasteiger partial charge >= 0.3 is 0 Å². The van der Waals surface area contributed by atoms with Crippen LogP contribution in [0.1, 0.15) is 12.5 Å². The first-order chi connectivity index (χ1) is 10.0. The van der Waals surface area contributed by atoms with Crippen molar-refractivity contribution in [1.82, 2.24) is 9.78 Å². The Morgan fingerprint density at radius 1 is 1.48 bits per heavy atom. The Morgan fingerprint density at radius 2 is 2.19 bits per heavy atom.